The number of hydrogen-bond donors (Lipinski definition) is 3. The molecule has 0 unspecified atom stereocenters. The minimum atomic E-state index is -1.16. The summed E-state index contributed by atoms with van der Waals surface area (Å²) in [5, 5.41) is 8.22. The monoisotopic (exact) mass is 130 g/mol. The number of hydrogen-bond acceptors (Lipinski definition) is 3. The molecule has 0 aromatic rings. The fourth-order valence-corrected chi connectivity index (χ4v) is 0.328. The maximum atomic E-state index is 10.0. The lowest BCUT2D eigenvalue weighted by Gasteiger charge is -1.97. The Morgan fingerprint density at radius 1 is 1.56 bits per heavy atom. The van der Waals surface area contributed by atoms with Crippen molar-refractivity contribution in [2.24, 2.45) is 11.5 Å². The van der Waals surface area contributed by atoms with E-state index in [0.717, 1.165) is 0 Å². The summed E-state index contributed by atoms with van der Waals surface area (Å²) in [7, 11) is 0. The molecule has 0 saturated heterocycles. The summed E-state index contributed by atoms with van der Waals surface area (Å²) >= 11 is 0. The Hall–Kier alpha value is -1.19. The Morgan fingerprint density at radius 3 is 2.11 bits per heavy atom. The third kappa shape index (κ3) is 2.03. The van der Waals surface area contributed by atoms with Crippen LogP contribution in [-0.4, -0.2) is 11.1 Å². The Bertz CT molecular complexity index is 151. The molecule has 0 saturated carbocycles. The summed E-state index contributed by atoms with van der Waals surface area (Å²) in [6, 6.07) is 0. The lowest BCUT2D eigenvalue weighted by atomic mass is 10.3. The topological polar surface area (TPSA) is 89.3 Å². The van der Waals surface area contributed by atoms with Crippen molar-refractivity contribution in [3.63, 3.8) is 0 Å². The van der Waals surface area contributed by atoms with Crippen molar-refractivity contribution in [2.75, 3.05) is 0 Å². The third-order valence-electron chi connectivity index (χ3n) is 0.957. The van der Waals surface area contributed by atoms with E-state index in [4.69, 9.17) is 16.6 Å². The van der Waals surface area contributed by atoms with Crippen molar-refractivity contribution >= 4 is 5.97 Å². The van der Waals surface area contributed by atoms with Gasteiger partial charge in [-0.25, -0.2) is 4.79 Å². The van der Waals surface area contributed by atoms with E-state index in [1.54, 1.807) is 6.92 Å². The highest BCUT2D eigenvalue weighted by Gasteiger charge is 2.03. The predicted octanol–water partition coefficient (Wildman–Crippen LogP) is -0.390. The zero-order valence-corrected chi connectivity index (χ0v) is 5.22. The normalized spacial score (nSPS) is 12.6. The van der Waals surface area contributed by atoms with E-state index in [9.17, 15) is 4.79 Å². The molecule has 0 fully saturated rings. The number of aliphatic carboxylic acids is 1. The predicted molar refractivity (Wildman–Crippen MR) is 33.3 cm³/mol. The number of carboxylic acid groups (broad SMARTS) is 1. The van der Waals surface area contributed by atoms with E-state index in [-0.39, 0.29) is 11.4 Å². The van der Waals surface area contributed by atoms with Gasteiger partial charge in [0.25, 0.3) is 0 Å². The molecule has 4 heteroatoms. The highest BCUT2D eigenvalue weighted by Crippen LogP contribution is 1.94. The van der Waals surface area contributed by atoms with Crippen LogP contribution >= 0.6 is 0 Å². The summed E-state index contributed by atoms with van der Waals surface area (Å²) in [5.41, 5.74) is 10.2. The van der Waals surface area contributed by atoms with Crippen LogP contribution < -0.4 is 11.5 Å². The minimum Gasteiger partial charge on any atom is -0.477 e. The van der Waals surface area contributed by atoms with Crippen LogP contribution in [0.3, 0.4) is 0 Å². The van der Waals surface area contributed by atoms with Gasteiger partial charge in [-0.1, -0.05) is 6.92 Å². The SMILES string of the molecule is CC/C(N)=C(/N)C(=O)O. The molecule has 0 amide bonds. The van der Waals surface area contributed by atoms with Crippen LogP contribution in [0, 0.1) is 0 Å². The van der Waals surface area contributed by atoms with Crippen molar-refractivity contribution < 1.29 is 9.90 Å². The Labute approximate surface area is 53.1 Å². The molecule has 0 atom stereocenters. The van der Waals surface area contributed by atoms with Crippen LogP contribution in [0.5, 0.6) is 0 Å². The van der Waals surface area contributed by atoms with Crippen molar-refractivity contribution in [1.29, 1.82) is 0 Å². The lowest BCUT2D eigenvalue weighted by molar-refractivity contribution is -0.132. The molecule has 0 aliphatic rings. The van der Waals surface area contributed by atoms with E-state index >= 15 is 0 Å². The van der Waals surface area contributed by atoms with Crippen LogP contribution in [0.25, 0.3) is 0 Å². The van der Waals surface area contributed by atoms with E-state index in [0.29, 0.717) is 6.42 Å². The van der Waals surface area contributed by atoms with Crippen molar-refractivity contribution in [3.8, 4) is 0 Å². The summed E-state index contributed by atoms with van der Waals surface area (Å²) in [5.74, 6) is -1.16. The summed E-state index contributed by atoms with van der Waals surface area (Å²) < 4.78 is 0. The van der Waals surface area contributed by atoms with Gasteiger partial charge in [-0.3, -0.25) is 0 Å². The fraction of sp³-hybridized carbons (Fsp3) is 0.400. The summed E-state index contributed by atoms with van der Waals surface area (Å²) in [6.07, 6.45) is 0.470. The maximum absolute atomic E-state index is 10.0. The molecule has 0 bridgehead atoms. The number of carboxylic acids is 1. The van der Waals surface area contributed by atoms with Gasteiger partial charge in [0.15, 0.2) is 0 Å². The molecule has 0 aliphatic heterocycles. The standard InChI is InChI=1S/C5H10N2O2/c1-2-3(6)4(7)5(8)9/h2,6-7H2,1H3,(H,8,9)/b4-3-. The van der Waals surface area contributed by atoms with Crippen LogP contribution in [0.4, 0.5) is 0 Å². The number of carbonyl (C=O) groups is 1. The van der Waals surface area contributed by atoms with Crippen LogP contribution in [0.15, 0.2) is 11.4 Å². The van der Waals surface area contributed by atoms with Gasteiger partial charge in [0, 0.05) is 5.70 Å². The minimum absolute atomic E-state index is 0.225. The zero-order valence-electron chi connectivity index (χ0n) is 5.22. The number of nitrogens with two attached hydrogens (primary N) is 2. The van der Waals surface area contributed by atoms with Crippen LogP contribution in [-0.2, 0) is 4.79 Å². The molecule has 5 N–H and O–H groups in total. The van der Waals surface area contributed by atoms with E-state index in [2.05, 4.69) is 0 Å². The van der Waals surface area contributed by atoms with Gasteiger partial charge in [0.1, 0.15) is 5.70 Å². The molecule has 0 rings (SSSR count). The van der Waals surface area contributed by atoms with E-state index in [1.165, 1.54) is 0 Å². The highest BCUT2D eigenvalue weighted by molar-refractivity contribution is 5.86. The van der Waals surface area contributed by atoms with Crippen LogP contribution in [0.1, 0.15) is 13.3 Å². The molecule has 0 aliphatic carbocycles. The second-order valence-corrected chi connectivity index (χ2v) is 1.60. The first-order chi connectivity index (χ1) is 4.09. The van der Waals surface area contributed by atoms with Crippen molar-refractivity contribution in [3.05, 3.63) is 11.4 Å². The lowest BCUT2D eigenvalue weighted by Crippen LogP contribution is -2.16. The summed E-state index contributed by atoms with van der Waals surface area (Å²) in [4.78, 5) is 10.0. The zero-order chi connectivity index (χ0) is 7.44. The molecule has 0 aromatic heterocycles. The van der Waals surface area contributed by atoms with Gasteiger partial charge < -0.3 is 16.6 Å². The number of allylic oxidation sites excluding steroid dienone is 1. The van der Waals surface area contributed by atoms with E-state index < -0.39 is 5.97 Å². The fourth-order valence-electron chi connectivity index (χ4n) is 0.328. The summed E-state index contributed by atoms with van der Waals surface area (Å²) in [6.45, 7) is 1.74. The van der Waals surface area contributed by atoms with Crippen LogP contribution in [0.2, 0.25) is 0 Å². The van der Waals surface area contributed by atoms with E-state index in [1.807, 2.05) is 0 Å². The third-order valence-corrected chi connectivity index (χ3v) is 0.957. The van der Waals surface area contributed by atoms with Gasteiger partial charge in [-0.05, 0) is 6.42 Å². The highest BCUT2D eigenvalue weighted by atomic mass is 16.4. The smallest absolute Gasteiger partial charge is 0.353 e. The second kappa shape index (κ2) is 2.96. The molecular formula is C5H10N2O2. The average molecular weight is 130 g/mol. The quantitative estimate of drug-likeness (QED) is 0.444. The molecule has 4 nitrogen and oxygen atoms in total. The maximum Gasteiger partial charge on any atom is 0.353 e. The van der Waals surface area contributed by atoms with Crippen molar-refractivity contribution in [1.82, 2.24) is 0 Å². The largest absolute Gasteiger partial charge is 0.477 e. The van der Waals surface area contributed by atoms with Gasteiger partial charge in [-0.2, -0.15) is 0 Å². The first-order valence-corrected chi connectivity index (χ1v) is 2.57. The average Bonchev–Trinajstić information content (AvgIpc) is 1.84. The molecule has 52 valence electrons. The second-order valence-electron chi connectivity index (χ2n) is 1.60. The Balaban J connectivity index is 4.28. The van der Waals surface area contributed by atoms with Gasteiger partial charge >= 0.3 is 5.97 Å². The Kier molecular flexibility index (Phi) is 2.57. The Morgan fingerprint density at radius 2 is 2.00 bits per heavy atom. The molecule has 0 heterocycles. The number of rotatable bonds is 2. The van der Waals surface area contributed by atoms with Gasteiger partial charge in [0.2, 0.25) is 0 Å². The first-order valence-electron chi connectivity index (χ1n) is 2.57. The molecule has 9 heavy (non-hydrogen) atoms. The van der Waals surface area contributed by atoms with Gasteiger partial charge in [-0.15, -0.1) is 0 Å². The molecular weight excluding hydrogens is 120 g/mol. The van der Waals surface area contributed by atoms with Gasteiger partial charge in [0.05, 0.1) is 0 Å². The molecule has 0 radical (unpaired) electrons. The van der Waals surface area contributed by atoms with Crippen molar-refractivity contribution in [2.45, 2.75) is 13.3 Å². The first kappa shape index (κ1) is 7.81. The molecule has 0 aromatic carbocycles. The molecule has 0 spiro atoms.